The van der Waals surface area contributed by atoms with Crippen LogP contribution in [0.3, 0.4) is 0 Å². The average Bonchev–Trinajstić information content (AvgIpc) is 2.82. The van der Waals surface area contributed by atoms with Crippen molar-refractivity contribution in [2.45, 2.75) is 32.5 Å². The summed E-state index contributed by atoms with van der Waals surface area (Å²) in [6, 6.07) is -0.0973. The van der Waals surface area contributed by atoms with Crippen LogP contribution in [0.5, 0.6) is 0 Å². The van der Waals surface area contributed by atoms with Crippen LogP contribution in [0.4, 0.5) is 0 Å². The van der Waals surface area contributed by atoms with E-state index >= 15 is 0 Å². The Hall–Kier alpha value is -1.93. The molecule has 0 aliphatic heterocycles. The number of hydrogen-bond acceptors (Lipinski definition) is 5. The minimum atomic E-state index is -0.402. The number of nitrogens with two attached hydrogens (primary N) is 1. The summed E-state index contributed by atoms with van der Waals surface area (Å²) >= 11 is 0. The van der Waals surface area contributed by atoms with Crippen LogP contribution in [0.2, 0.25) is 0 Å². The van der Waals surface area contributed by atoms with Gasteiger partial charge in [-0.3, -0.25) is 13.9 Å². The van der Waals surface area contributed by atoms with E-state index in [0.717, 1.165) is 11.0 Å². The molecule has 0 spiro atoms. The molecule has 0 radical (unpaired) electrons. The number of aromatic nitrogens is 4. The van der Waals surface area contributed by atoms with Gasteiger partial charge >= 0.3 is 5.69 Å². The molecule has 1 unspecified atom stereocenters. The summed E-state index contributed by atoms with van der Waals surface area (Å²) in [7, 11) is 4.61. The largest absolute Gasteiger partial charge is 0.377 e. The molecule has 2 aromatic heterocycles. The second-order valence-corrected chi connectivity index (χ2v) is 5.12. The van der Waals surface area contributed by atoms with Crippen molar-refractivity contribution in [1.82, 2.24) is 18.7 Å². The van der Waals surface area contributed by atoms with Crippen molar-refractivity contribution in [3.63, 3.8) is 0 Å². The Balaban J connectivity index is 2.82. The Morgan fingerprint density at radius 1 is 1.29 bits per heavy atom. The molecule has 0 aliphatic rings. The number of methoxy groups -OCH3 is 1. The van der Waals surface area contributed by atoms with Crippen molar-refractivity contribution >= 4 is 11.2 Å². The van der Waals surface area contributed by atoms with Gasteiger partial charge in [-0.2, -0.15) is 0 Å². The molecule has 21 heavy (non-hydrogen) atoms. The van der Waals surface area contributed by atoms with Gasteiger partial charge in [0.05, 0.1) is 0 Å². The first-order valence-electron chi connectivity index (χ1n) is 6.82. The number of aryl methyl sites for hydroxylation is 1. The molecule has 2 heterocycles. The topological polar surface area (TPSA) is 97.1 Å². The van der Waals surface area contributed by atoms with E-state index in [2.05, 4.69) is 4.98 Å². The molecule has 0 fully saturated rings. The first kappa shape index (κ1) is 15.5. The molecular formula is C13H21N5O3. The lowest BCUT2D eigenvalue weighted by atomic mass is 10.2. The van der Waals surface area contributed by atoms with E-state index in [-0.39, 0.29) is 18.2 Å². The molecule has 2 aromatic rings. The zero-order valence-corrected chi connectivity index (χ0v) is 12.8. The fraction of sp³-hybridized carbons (Fsp3) is 0.615. The lowest BCUT2D eigenvalue weighted by molar-refractivity contribution is 0.174. The third-order valence-corrected chi connectivity index (χ3v) is 3.64. The number of hydrogen-bond donors (Lipinski definition) is 1. The Bertz CT molecular complexity index is 771. The van der Waals surface area contributed by atoms with Gasteiger partial charge in [0, 0.05) is 33.8 Å². The normalized spacial score (nSPS) is 13.0. The highest BCUT2D eigenvalue weighted by atomic mass is 16.5. The molecule has 2 N–H and O–H groups in total. The van der Waals surface area contributed by atoms with Crippen LogP contribution in [-0.4, -0.2) is 31.8 Å². The SMILES string of the molecule is CCC(N)Cn1c(COC)nc2c1c(=O)n(C)c(=O)n2C. The van der Waals surface area contributed by atoms with Crippen molar-refractivity contribution in [3.05, 3.63) is 26.7 Å². The summed E-state index contributed by atoms with van der Waals surface area (Å²) in [4.78, 5) is 28.8. The summed E-state index contributed by atoms with van der Waals surface area (Å²) in [5.41, 5.74) is 5.98. The highest BCUT2D eigenvalue weighted by molar-refractivity contribution is 5.71. The third kappa shape index (κ3) is 2.52. The second-order valence-electron chi connectivity index (χ2n) is 5.12. The van der Waals surface area contributed by atoms with Crippen molar-refractivity contribution in [1.29, 1.82) is 0 Å². The van der Waals surface area contributed by atoms with Crippen LogP contribution in [0.15, 0.2) is 9.59 Å². The van der Waals surface area contributed by atoms with Crippen LogP contribution in [0.1, 0.15) is 19.2 Å². The van der Waals surface area contributed by atoms with Gasteiger partial charge in [0.1, 0.15) is 12.4 Å². The van der Waals surface area contributed by atoms with Gasteiger partial charge in [0.15, 0.2) is 11.2 Å². The molecule has 0 bridgehead atoms. The number of rotatable bonds is 5. The van der Waals surface area contributed by atoms with Crippen LogP contribution in [0, 0.1) is 0 Å². The van der Waals surface area contributed by atoms with Gasteiger partial charge in [0.2, 0.25) is 0 Å². The van der Waals surface area contributed by atoms with Crippen molar-refractivity contribution < 1.29 is 4.74 Å². The maximum atomic E-state index is 12.4. The predicted octanol–water partition coefficient (Wildman–Crippen LogP) is -0.683. The maximum Gasteiger partial charge on any atom is 0.332 e. The van der Waals surface area contributed by atoms with Crippen molar-refractivity contribution in [2.24, 2.45) is 19.8 Å². The summed E-state index contributed by atoms with van der Waals surface area (Å²) in [6.07, 6.45) is 0.776. The molecule has 2 rings (SSSR count). The van der Waals surface area contributed by atoms with E-state index in [1.54, 1.807) is 18.7 Å². The molecule has 0 aliphatic carbocycles. The highest BCUT2D eigenvalue weighted by Crippen LogP contribution is 2.13. The van der Waals surface area contributed by atoms with E-state index in [4.69, 9.17) is 10.5 Å². The number of nitrogens with zero attached hydrogens (tertiary/aromatic N) is 4. The van der Waals surface area contributed by atoms with Crippen LogP contribution in [-0.2, 0) is 32.0 Å². The molecule has 1 atom stereocenters. The summed E-state index contributed by atoms with van der Waals surface area (Å²) in [6.45, 7) is 2.69. The van der Waals surface area contributed by atoms with Gasteiger partial charge in [-0.05, 0) is 6.42 Å². The lowest BCUT2D eigenvalue weighted by Gasteiger charge is -2.13. The van der Waals surface area contributed by atoms with E-state index in [0.29, 0.717) is 23.5 Å². The maximum absolute atomic E-state index is 12.4. The van der Waals surface area contributed by atoms with E-state index in [9.17, 15) is 9.59 Å². The van der Waals surface area contributed by atoms with Crippen LogP contribution in [0.25, 0.3) is 11.2 Å². The number of fused-ring (bicyclic) bond motifs is 1. The van der Waals surface area contributed by atoms with Gasteiger partial charge in [-0.1, -0.05) is 6.92 Å². The Morgan fingerprint density at radius 2 is 1.95 bits per heavy atom. The van der Waals surface area contributed by atoms with Gasteiger partial charge in [0.25, 0.3) is 5.56 Å². The molecule has 116 valence electrons. The fourth-order valence-electron chi connectivity index (χ4n) is 2.29. The minimum absolute atomic E-state index is 0.0973. The first-order chi connectivity index (χ1) is 9.92. The van der Waals surface area contributed by atoms with Crippen LogP contribution < -0.4 is 17.0 Å². The highest BCUT2D eigenvalue weighted by Gasteiger charge is 2.19. The fourth-order valence-corrected chi connectivity index (χ4v) is 2.29. The van der Waals surface area contributed by atoms with Gasteiger partial charge in [-0.25, -0.2) is 9.78 Å². The summed E-state index contributed by atoms with van der Waals surface area (Å²) < 4.78 is 9.33. The van der Waals surface area contributed by atoms with Crippen molar-refractivity contribution in [2.75, 3.05) is 7.11 Å². The summed E-state index contributed by atoms with van der Waals surface area (Å²) in [5, 5.41) is 0. The van der Waals surface area contributed by atoms with Gasteiger partial charge in [-0.15, -0.1) is 0 Å². The van der Waals surface area contributed by atoms with E-state index in [1.807, 2.05) is 6.92 Å². The predicted molar refractivity (Wildman–Crippen MR) is 79.2 cm³/mol. The molecule has 0 saturated heterocycles. The Morgan fingerprint density at radius 3 is 2.52 bits per heavy atom. The standard InChI is InChI=1S/C13H21N5O3/c1-5-8(14)6-18-9(7-21-4)15-11-10(18)12(19)17(3)13(20)16(11)2/h8H,5-7,14H2,1-4H3. The lowest BCUT2D eigenvalue weighted by Crippen LogP contribution is -2.38. The quantitative estimate of drug-likeness (QED) is 0.788. The molecule has 0 amide bonds. The number of imidazole rings is 1. The smallest absolute Gasteiger partial charge is 0.332 e. The minimum Gasteiger partial charge on any atom is -0.377 e. The molecular weight excluding hydrogens is 274 g/mol. The number of ether oxygens (including phenoxy) is 1. The second kappa shape index (κ2) is 5.82. The van der Waals surface area contributed by atoms with E-state index in [1.165, 1.54) is 11.6 Å². The zero-order valence-electron chi connectivity index (χ0n) is 12.8. The zero-order chi connectivity index (χ0) is 15.7. The van der Waals surface area contributed by atoms with Crippen LogP contribution >= 0.6 is 0 Å². The molecule has 0 saturated carbocycles. The average molecular weight is 295 g/mol. The Kier molecular flexibility index (Phi) is 4.29. The van der Waals surface area contributed by atoms with Crippen molar-refractivity contribution in [3.8, 4) is 0 Å². The summed E-state index contributed by atoms with van der Waals surface area (Å²) in [5.74, 6) is 0.592. The van der Waals surface area contributed by atoms with Gasteiger partial charge < -0.3 is 15.0 Å². The molecule has 8 nitrogen and oxygen atoms in total. The third-order valence-electron chi connectivity index (χ3n) is 3.64. The Labute approximate surface area is 121 Å². The monoisotopic (exact) mass is 295 g/mol. The molecule has 0 aromatic carbocycles. The molecule has 8 heteroatoms. The first-order valence-corrected chi connectivity index (χ1v) is 6.82. The van der Waals surface area contributed by atoms with E-state index < -0.39 is 5.69 Å².